The number of ether oxygens (including phenoxy) is 6. The van der Waals surface area contributed by atoms with Crippen LogP contribution in [0.3, 0.4) is 0 Å². The zero-order chi connectivity index (χ0) is 88.6. The number of nitrogens with zero attached hydrogens (tertiary/aromatic N) is 8. The van der Waals surface area contributed by atoms with Crippen LogP contribution < -0.4 is 15.5 Å². The number of benzene rings is 8. The van der Waals surface area contributed by atoms with Gasteiger partial charge in [-0.1, -0.05) is 259 Å². The van der Waals surface area contributed by atoms with Gasteiger partial charge in [0.2, 0.25) is 0 Å². The number of halogens is 2. The van der Waals surface area contributed by atoms with Crippen molar-refractivity contribution in [3.63, 3.8) is 0 Å². The first-order chi connectivity index (χ1) is 59.6. The highest BCUT2D eigenvalue weighted by molar-refractivity contribution is 9.10. The number of nitrogens with one attached hydrogen (secondary N) is 2. The molecule has 4 aliphatic heterocycles. The van der Waals surface area contributed by atoms with E-state index in [-0.39, 0.29) is 61.8 Å². The van der Waals surface area contributed by atoms with Gasteiger partial charge in [0.1, 0.15) is 37.6 Å². The third-order valence-corrected chi connectivity index (χ3v) is 20.7. The van der Waals surface area contributed by atoms with Crippen molar-refractivity contribution in [1.29, 1.82) is 0 Å². The molecule has 0 bridgehead atoms. The fourth-order valence-electron chi connectivity index (χ4n) is 14.4. The molecule has 2 N–H and O–H groups in total. The molecule has 8 aromatic carbocycles. The Morgan fingerprint density at radius 2 is 0.694 bits per heavy atom. The van der Waals surface area contributed by atoms with E-state index >= 15 is 0 Å². The highest BCUT2D eigenvalue weighted by atomic mass is 79.9. The number of piperazine rings is 4. The molecule has 14 rings (SSSR count). The maximum absolute atomic E-state index is 13.0. The van der Waals surface area contributed by atoms with Crippen molar-refractivity contribution < 1.29 is 57.2 Å². The number of anilines is 1. The Kier molecular flexibility index (Phi) is 39.0. The number of carbonyl (C=O) groups excluding carboxylic acids is 6. The van der Waals surface area contributed by atoms with Crippen molar-refractivity contribution >= 4 is 69.1 Å². The molecule has 10 aromatic rings. The van der Waals surface area contributed by atoms with Crippen LogP contribution in [0.5, 0.6) is 0 Å². The zero-order valence-electron chi connectivity index (χ0n) is 73.1. The van der Waals surface area contributed by atoms with E-state index in [1.165, 1.54) is 22.4 Å². The van der Waals surface area contributed by atoms with Crippen LogP contribution in [0.2, 0.25) is 0 Å². The fraction of sp³-hybridized carbons (Fsp3) is 0.360. The Bertz CT molecular complexity index is 4790. The van der Waals surface area contributed by atoms with Gasteiger partial charge in [0.25, 0.3) is 0 Å². The molecule has 4 aliphatic rings. The lowest BCUT2D eigenvalue weighted by molar-refractivity contribution is 0.00117. The molecule has 24 heteroatoms. The minimum atomic E-state index is -0.770. The van der Waals surface area contributed by atoms with E-state index in [2.05, 4.69) is 94.7 Å². The summed E-state index contributed by atoms with van der Waals surface area (Å²) in [7, 11) is 0. The van der Waals surface area contributed by atoms with E-state index < -0.39 is 16.6 Å². The number of rotatable bonds is 17. The van der Waals surface area contributed by atoms with Gasteiger partial charge in [-0.3, -0.25) is 9.97 Å². The summed E-state index contributed by atoms with van der Waals surface area (Å²) in [6.45, 7) is 28.3. The number of amides is 5. The summed E-state index contributed by atoms with van der Waals surface area (Å²) >= 11 is 8.34. The number of aryl methyl sites for hydroxylation is 4. The third kappa shape index (κ3) is 35.3. The summed E-state index contributed by atoms with van der Waals surface area (Å²) in [5, 5.41) is 6.83. The number of pyridine rings is 2. The van der Waals surface area contributed by atoms with Crippen molar-refractivity contribution in [2.24, 2.45) is 0 Å². The van der Waals surface area contributed by atoms with Crippen LogP contribution in [0.15, 0.2) is 271 Å². The molecule has 656 valence electrons. The molecule has 6 heterocycles. The average Bonchev–Trinajstić information content (AvgIpc) is 0.807. The molecule has 4 saturated heterocycles. The first-order valence-electron chi connectivity index (χ1n) is 42.3. The second kappa shape index (κ2) is 50.2. The molecule has 22 nitrogen and oxygen atoms in total. The number of carbonyl (C=O) groups is 6. The molecule has 4 unspecified atom stereocenters. The van der Waals surface area contributed by atoms with E-state index in [0.29, 0.717) is 71.5 Å². The molecule has 0 saturated carbocycles. The lowest BCUT2D eigenvalue weighted by Gasteiger charge is -2.42. The van der Waals surface area contributed by atoms with E-state index in [4.69, 9.17) is 35.3 Å². The average molecular weight is 1770 g/mol. The predicted molar refractivity (Wildman–Crippen MR) is 492 cm³/mol. The summed E-state index contributed by atoms with van der Waals surface area (Å²) in [6.07, 6.45) is 1.82. The molecular formula is C100H120BrClN10O12. The van der Waals surface area contributed by atoms with Crippen LogP contribution in [-0.2, 0) is 80.5 Å². The minimum absolute atomic E-state index is 0.0354. The van der Waals surface area contributed by atoms with E-state index in [0.717, 1.165) is 107 Å². The van der Waals surface area contributed by atoms with Gasteiger partial charge in [-0.15, -0.1) is 0 Å². The third-order valence-electron chi connectivity index (χ3n) is 20.1. The Morgan fingerprint density at radius 1 is 0.371 bits per heavy atom. The predicted octanol–water partition coefficient (Wildman–Crippen LogP) is 19.6. The Hall–Kier alpha value is -11.6. The van der Waals surface area contributed by atoms with Crippen molar-refractivity contribution in [2.45, 2.75) is 157 Å². The van der Waals surface area contributed by atoms with Gasteiger partial charge >= 0.3 is 35.9 Å². The maximum Gasteiger partial charge on any atom is 0.410 e. The van der Waals surface area contributed by atoms with Gasteiger partial charge < -0.3 is 68.5 Å². The number of hydrogen-bond donors (Lipinski definition) is 2. The van der Waals surface area contributed by atoms with E-state index in [9.17, 15) is 28.8 Å². The first kappa shape index (κ1) is 96.2. The van der Waals surface area contributed by atoms with Crippen LogP contribution in [0.4, 0.5) is 34.5 Å². The Labute approximate surface area is 745 Å². The topological polar surface area (TPSA) is 227 Å². The summed E-state index contributed by atoms with van der Waals surface area (Å²) in [6, 6.07) is 88.0. The van der Waals surface area contributed by atoms with Gasteiger partial charge in [-0.25, -0.2) is 28.8 Å². The van der Waals surface area contributed by atoms with E-state index in [1.807, 2.05) is 297 Å². The molecule has 0 aliphatic carbocycles. The minimum Gasteiger partial charge on any atom is -0.449 e. The molecule has 0 spiro atoms. The van der Waals surface area contributed by atoms with E-state index in [1.54, 1.807) is 14.7 Å². The monoisotopic (exact) mass is 1770 g/mol. The summed E-state index contributed by atoms with van der Waals surface area (Å²) in [5.74, 6) is 0. The number of hydrogen-bond acceptors (Lipinski definition) is 17. The van der Waals surface area contributed by atoms with Crippen LogP contribution in [0.25, 0.3) is 0 Å². The smallest absolute Gasteiger partial charge is 0.410 e. The summed E-state index contributed by atoms with van der Waals surface area (Å²) < 4.78 is 33.4. The van der Waals surface area contributed by atoms with Gasteiger partial charge in [-0.05, 0) is 164 Å². The fourth-order valence-corrected chi connectivity index (χ4v) is 15.1. The largest absolute Gasteiger partial charge is 0.449 e. The quantitative estimate of drug-likeness (QED) is 0.0638. The zero-order valence-corrected chi connectivity index (χ0v) is 75.4. The summed E-state index contributed by atoms with van der Waals surface area (Å²) in [5.41, 5.74) is 12.3. The first-order valence-corrected chi connectivity index (χ1v) is 43.5. The standard InChI is InChI=1S/C26H29N3O2.C24H30N2O4.C19H22N2O2.C16H24N2O2.C8H7ClO2.C7H8BrN/c1-20-15-24(16-21(2)27-20)28-13-14-29(25(18-28)17-22-9-5-3-6-10-22)26(30)31-19-23-11-7-4-8-12-23;1-24(2,3)30-22(27)25-14-15-26(21(17-25)16-19-10-6-4-7-11-19)23(28)29-18-20-12-8-5-9-13-20;22-19(23-15-17-9-5-2-6-10-17)21-12-11-20-14-18(21)13-16-7-3-1-4-8-16;1-16(2,3)20-15(19)18-10-9-17-14(12-18)11-13-7-5-4-6-8-13;9-8(10)11-6-7-4-2-1-3-5-7;1-5-3-7(8)4-6(2)9-5/h3-12,15-16,25H,13-14,17-19H2,1-2H3;4-13,21H,14-18H2,1-3H3;1-10,18,20H,11-15H2;4-8,14,17H,9-12H2,1-3H3;1-5H,6H2;3-4H,1-2H3. The molecule has 0 radical (unpaired) electrons. The van der Waals surface area contributed by atoms with Gasteiger partial charge in [0, 0.05) is 129 Å². The molecular weight excluding hydrogens is 1650 g/mol. The summed E-state index contributed by atoms with van der Waals surface area (Å²) in [4.78, 5) is 93.1. The number of aromatic nitrogens is 2. The Balaban J connectivity index is 0.000000176. The second-order valence-electron chi connectivity index (χ2n) is 32.8. The highest BCUT2D eigenvalue weighted by Crippen LogP contribution is 2.26. The maximum atomic E-state index is 13.0. The van der Waals surface area contributed by atoms with Crippen LogP contribution in [0, 0.1) is 27.7 Å². The molecule has 124 heavy (non-hydrogen) atoms. The second-order valence-corrected chi connectivity index (χ2v) is 34.0. The van der Waals surface area contributed by atoms with Gasteiger partial charge in [-0.2, -0.15) is 0 Å². The molecule has 5 amide bonds. The van der Waals surface area contributed by atoms with Crippen molar-refractivity contribution in [1.82, 2.24) is 45.1 Å². The lowest BCUT2D eigenvalue weighted by atomic mass is 10.0. The van der Waals surface area contributed by atoms with Crippen molar-refractivity contribution in [2.75, 3.05) is 83.4 Å². The molecule has 4 atom stereocenters. The molecule has 2 aromatic heterocycles. The SMILES string of the molecule is CC(C)(C)OC(=O)N1CCN(C(=O)OCc2ccccc2)C(Cc2ccccc2)C1.CC(C)(C)OC(=O)N1CCNC(Cc2ccccc2)C1.Cc1cc(Br)cc(C)n1.Cc1cc(N2CCN(C(=O)OCc3ccccc3)C(Cc3ccccc3)C2)cc(C)n1.O=C(Cl)OCc1ccccc1.O=C(OCc1ccccc1)N1CCNCC1Cc1ccccc1. The van der Waals surface area contributed by atoms with Crippen LogP contribution in [0.1, 0.15) is 109 Å². The van der Waals surface area contributed by atoms with Crippen molar-refractivity contribution in [3.05, 3.63) is 339 Å². The van der Waals surface area contributed by atoms with Gasteiger partial charge in [0.15, 0.2) is 0 Å². The highest BCUT2D eigenvalue weighted by Gasteiger charge is 2.37. The lowest BCUT2D eigenvalue weighted by Crippen LogP contribution is -2.58. The Morgan fingerprint density at radius 3 is 1.06 bits per heavy atom. The molecule has 4 fully saturated rings. The normalized spacial score (nSPS) is 16.1. The van der Waals surface area contributed by atoms with Crippen LogP contribution in [-0.4, -0.2) is 184 Å². The van der Waals surface area contributed by atoms with Gasteiger partial charge in [0.05, 0.1) is 18.1 Å². The van der Waals surface area contributed by atoms with Crippen molar-refractivity contribution in [3.8, 4) is 0 Å². The van der Waals surface area contributed by atoms with Crippen LogP contribution >= 0.6 is 27.5 Å².